The van der Waals surface area contributed by atoms with Crippen molar-refractivity contribution in [3.8, 4) is 0 Å². The van der Waals surface area contributed by atoms with Crippen LogP contribution in [0.1, 0.15) is 69.8 Å². The van der Waals surface area contributed by atoms with Crippen molar-refractivity contribution < 1.29 is 29.1 Å². The van der Waals surface area contributed by atoms with Gasteiger partial charge >= 0.3 is 5.97 Å². The zero-order chi connectivity index (χ0) is 30.6. The van der Waals surface area contributed by atoms with Crippen LogP contribution in [-0.4, -0.2) is 66.6 Å². The van der Waals surface area contributed by atoms with Crippen molar-refractivity contribution in [1.29, 1.82) is 0 Å². The number of aliphatic imine (C=N–C) groups is 1. The number of aliphatic carboxylic acids is 1. The molecular weight excluding hydrogens is 528 g/mol. The van der Waals surface area contributed by atoms with Gasteiger partial charge in [0, 0.05) is 51.1 Å². The zero-order valence-electron chi connectivity index (χ0n) is 24.0. The summed E-state index contributed by atoms with van der Waals surface area (Å²) in [5.74, 6) is -3.99. The lowest BCUT2D eigenvalue weighted by molar-refractivity contribution is -0.138. The number of rotatable bonds is 22. The van der Waals surface area contributed by atoms with Crippen LogP contribution >= 0.6 is 0 Å². The molecule has 0 saturated carbocycles. The van der Waals surface area contributed by atoms with Crippen LogP contribution in [0.3, 0.4) is 0 Å². The monoisotopic (exact) mass is 574 g/mol. The number of carboxylic acids is 1. The maximum absolute atomic E-state index is 13.4. The van der Waals surface area contributed by atoms with Gasteiger partial charge < -0.3 is 32.9 Å². The van der Waals surface area contributed by atoms with Gasteiger partial charge in [-0.15, -0.1) is 0 Å². The number of ketones is 2. The molecule has 0 radical (unpaired) electrons. The molecule has 12 heteroatoms. The van der Waals surface area contributed by atoms with Gasteiger partial charge in [0.1, 0.15) is 5.78 Å². The van der Waals surface area contributed by atoms with Gasteiger partial charge in [0.05, 0.1) is 6.04 Å². The largest absolute Gasteiger partial charge is 0.481 e. The normalized spacial score (nSPS) is 12.9. The van der Waals surface area contributed by atoms with Crippen molar-refractivity contribution in [2.45, 2.75) is 76.7 Å². The molecule has 0 bridgehead atoms. The van der Waals surface area contributed by atoms with E-state index in [-0.39, 0.29) is 49.6 Å². The number of unbranched alkanes of at least 4 members (excludes halogenated alkanes) is 1. The quantitative estimate of drug-likeness (QED) is 0.0661. The van der Waals surface area contributed by atoms with Crippen LogP contribution in [0.15, 0.2) is 35.3 Å². The minimum absolute atomic E-state index is 0.00365. The number of carbonyl (C=O) groups is 5. The van der Waals surface area contributed by atoms with Crippen molar-refractivity contribution >= 4 is 35.3 Å². The van der Waals surface area contributed by atoms with E-state index < -0.39 is 35.7 Å². The molecule has 12 nitrogen and oxygen atoms in total. The van der Waals surface area contributed by atoms with Crippen LogP contribution in [0.25, 0.3) is 0 Å². The number of Topliss-reactive ketones (excluding diaryl/α,β-unsaturated/α-hetero) is 2. The molecule has 0 aliphatic carbocycles. The first kappa shape index (κ1) is 35.2. The first-order valence-corrected chi connectivity index (χ1v) is 14.1. The van der Waals surface area contributed by atoms with Crippen molar-refractivity contribution in [3.05, 3.63) is 35.9 Å². The Morgan fingerprint density at radius 2 is 1.56 bits per heavy atom. The van der Waals surface area contributed by atoms with E-state index in [1.807, 2.05) is 30.3 Å². The molecule has 0 aliphatic heterocycles. The average Bonchev–Trinajstić information content (AvgIpc) is 2.94. The van der Waals surface area contributed by atoms with Gasteiger partial charge in [0.25, 0.3) is 0 Å². The second kappa shape index (κ2) is 20.1. The zero-order valence-corrected chi connectivity index (χ0v) is 24.0. The number of carbonyl (C=O) groups excluding carboxylic acids is 4. The van der Waals surface area contributed by atoms with E-state index in [4.69, 9.17) is 22.3 Å². The molecule has 1 aromatic carbocycles. The fourth-order valence-electron chi connectivity index (χ4n) is 4.49. The Kier molecular flexibility index (Phi) is 17.3. The molecule has 1 aromatic rings. The van der Waals surface area contributed by atoms with Crippen LogP contribution in [-0.2, 0) is 30.4 Å². The predicted octanol–water partition coefficient (Wildman–Crippen LogP) is 1.05. The molecule has 41 heavy (non-hydrogen) atoms. The van der Waals surface area contributed by atoms with E-state index in [1.54, 1.807) is 0 Å². The van der Waals surface area contributed by atoms with Crippen LogP contribution in [0.4, 0.5) is 0 Å². The number of amides is 2. The number of nitrogens with two attached hydrogens (primary N) is 3. The highest BCUT2D eigenvalue weighted by molar-refractivity contribution is 5.94. The maximum Gasteiger partial charge on any atom is 0.303 e. The van der Waals surface area contributed by atoms with Gasteiger partial charge in [-0.2, -0.15) is 0 Å². The summed E-state index contributed by atoms with van der Waals surface area (Å²) in [5, 5.41) is 14.3. The third-order valence-electron chi connectivity index (χ3n) is 6.81. The third-order valence-corrected chi connectivity index (χ3v) is 6.81. The molecule has 0 spiro atoms. The first-order valence-electron chi connectivity index (χ1n) is 14.1. The van der Waals surface area contributed by atoms with Gasteiger partial charge in [0.15, 0.2) is 11.7 Å². The predicted molar refractivity (Wildman–Crippen MR) is 157 cm³/mol. The van der Waals surface area contributed by atoms with Crippen molar-refractivity contribution in [2.75, 3.05) is 20.1 Å². The number of hydrogen-bond donors (Lipinski definition) is 6. The molecular formula is C29H46N6O6. The number of nitrogens with one attached hydrogen (secondary N) is 2. The summed E-state index contributed by atoms with van der Waals surface area (Å²) in [4.78, 5) is 66.9. The number of guanidine groups is 1. The molecule has 0 saturated heterocycles. The molecule has 9 N–H and O–H groups in total. The molecule has 3 atom stereocenters. The van der Waals surface area contributed by atoms with Gasteiger partial charge in [-0.25, -0.2) is 0 Å². The minimum Gasteiger partial charge on any atom is -0.481 e. The Labute approximate surface area is 241 Å². The summed E-state index contributed by atoms with van der Waals surface area (Å²) in [6.45, 7) is 0.707. The molecule has 2 amide bonds. The van der Waals surface area contributed by atoms with Crippen LogP contribution < -0.4 is 27.8 Å². The highest BCUT2D eigenvalue weighted by atomic mass is 16.4. The van der Waals surface area contributed by atoms with Crippen LogP contribution in [0.5, 0.6) is 0 Å². The summed E-state index contributed by atoms with van der Waals surface area (Å²) in [6.07, 6.45) is 2.66. The van der Waals surface area contributed by atoms with E-state index in [9.17, 15) is 24.0 Å². The van der Waals surface area contributed by atoms with E-state index in [0.717, 1.165) is 5.56 Å². The Bertz CT molecular complexity index is 1010. The minimum atomic E-state index is -1.07. The van der Waals surface area contributed by atoms with Gasteiger partial charge in [-0.1, -0.05) is 30.3 Å². The van der Waals surface area contributed by atoms with E-state index in [2.05, 4.69) is 15.6 Å². The van der Waals surface area contributed by atoms with Gasteiger partial charge in [-0.3, -0.25) is 29.0 Å². The van der Waals surface area contributed by atoms with E-state index in [1.165, 1.54) is 7.05 Å². The van der Waals surface area contributed by atoms with Crippen LogP contribution in [0.2, 0.25) is 0 Å². The lowest BCUT2D eigenvalue weighted by Crippen LogP contribution is -2.45. The highest BCUT2D eigenvalue weighted by Crippen LogP contribution is 2.19. The second-order valence-corrected chi connectivity index (χ2v) is 10.1. The molecule has 0 aromatic heterocycles. The Hall–Kier alpha value is -3.80. The Morgan fingerprint density at radius 1 is 0.878 bits per heavy atom. The smallest absolute Gasteiger partial charge is 0.303 e. The summed E-state index contributed by atoms with van der Waals surface area (Å²) >= 11 is 0. The molecule has 0 fully saturated rings. The number of aryl methyl sites for hydroxylation is 1. The summed E-state index contributed by atoms with van der Waals surface area (Å²) in [5.41, 5.74) is 17.4. The van der Waals surface area contributed by atoms with E-state index in [0.29, 0.717) is 51.6 Å². The number of carboxylic acid groups (broad SMARTS) is 1. The molecule has 1 rings (SSSR count). The SMILES string of the molecule is CNC(=O)[C@H](CCC(=O)O)CC(=O)[C@H](CCCCN)NC(=O)[C@H](CCCN=C(N)N)CC(=O)CCc1ccccc1. The molecule has 228 valence electrons. The molecule has 0 unspecified atom stereocenters. The maximum atomic E-state index is 13.4. The molecule has 0 heterocycles. The summed E-state index contributed by atoms with van der Waals surface area (Å²) in [7, 11) is 1.42. The standard InChI is InChI=1S/C29H46N6O6/c1-33-27(40)22(13-15-26(38)39)19-25(37)24(11-5-6-16-30)35-28(41)21(10-7-17-34-29(31)32)18-23(36)14-12-20-8-3-2-4-9-20/h2-4,8-9,21-22,24H,5-7,10-19,30H2,1H3,(H,33,40)(H,35,41)(H,38,39)(H4,31,32,34)/t21-,22-,24+/m1/s1. The number of benzene rings is 1. The lowest BCUT2D eigenvalue weighted by Gasteiger charge is -2.23. The Balaban J connectivity index is 3.00. The van der Waals surface area contributed by atoms with Crippen molar-refractivity contribution in [3.63, 3.8) is 0 Å². The Morgan fingerprint density at radius 3 is 2.17 bits per heavy atom. The first-order chi connectivity index (χ1) is 19.6. The highest BCUT2D eigenvalue weighted by Gasteiger charge is 2.30. The fourth-order valence-corrected chi connectivity index (χ4v) is 4.49. The van der Waals surface area contributed by atoms with E-state index >= 15 is 0 Å². The molecule has 0 aliphatic rings. The van der Waals surface area contributed by atoms with Gasteiger partial charge in [-0.05, 0) is 57.1 Å². The second-order valence-electron chi connectivity index (χ2n) is 10.1. The van der Waals surface area contributed by atoms with Crippen molar-refractivity contribution in [1.82, 2.24) is 10.6 Å². The van der Waals surface area contributed by atoms with Gasteiger partial charge in [0.2, 0.25) is 11.8 Å². The number of hydrogen-bond acceptors (Lipinski definition) is 7. The van der Waals surface area contributed by atoms with Crippen molar-refractivity contribution in [2.24, 2.45) is 34.0 Å². The summed E-state index contributed by atoms with van der Waals surface area (Å²) in [6, 6.07) is 8.68. The van der Waals surface area contributed by atoms with Crippen LogP contribution in [0, 0.1) is 11.8 Å². The average molecular weight is 575 g/mol. The lowest BCUT2D eigenvalue weighted by atomic mass is 9.90. The summed E-state index contributed by atoms with van der Waals surface area (Å²) < 4.78 is 0. The fraction of sp³-hybridized carbons (Fsp3) is 0.586. The topological polar surface area (TPSA) is 220 Å². The third kappa shape index (κ3) is 15.5. The number of nitrogens with zero attached hydrogens (tertiary/aromatic N) is 1.